The lowest BCUT2D eigenvalue weighted by molar-refractivity contribution is 0.392. The highest BCUT2D eigenvalue weighted by Gasteiger charge is 2.09. The van der Waals surface area contributed by atoms with Gasteiger partial charge in [0, 0.05) is 6.07 Å². The Labute approximate surface area is 131 Å². The largest absolute Gasteiger partial charge is 0.497 e. The van der Waals surface area contributed by atoms with Gasteiger partial charge in [-0.2, -0.15) is 0 Å². The molecular weight excluding hydrogens is 279 g/mol. The third-order valence-corrected chi connectivity index (χ3v) is 3.96. The highest BCUT2D eigenvalue weighted by Crippen LogP contribution is 2.29. The first kappa shape index (κ1) is 16.3. The first-order valence-electron chi connectivity index (χ1n) is 7.59. The summed E-state index contributed by atoms with van der Waals surface area (Å²) in [4.78, 5) is 0. The molecule has 0 aliphatic carbocycles. The van der Waals surface area contributed by atoms with E-state index in [1.807, 2.05) is 18.2 Å². The molecule has 0 aromatic heterocycles. The maximum atomic E-state index is 12.9. The fourth-order valence-electron chi connectivity index (χ4n) is 2.54. The Balaban J connectivity index is 1.94. The Morgan fingerprint density at radius 1 is 0.955 bits per heavy atom. The first-order valence-corrected chi connectivity index (χ1v) is 7.59. The van der Waals surface area contributed by atoms with E-state index in [-0.39, 0.29) is 5.82 Å². The van der Waals surface area contributed by atoms with Gasteiger partial charge >= 0.3 is 0 Å². The van der Waals surface area contributed by atoms with Gasteiger partial charge in [0.2, 0.25) is 0 Å². The Morgan fingerprint density at radius 2 is 1.55 bits per heavy atom. The van der Waals surface area contributed by atoms with E-state index in [0.717, 1.165) is 30.8 Å². The monoisotopic (exact) mass is 302 g/mol. The number of methoxy groups -OCH3 is 2. The van der Waals surface area contributed by atoms with Crippen LogP contribution in [0.25, 0.3) is 0 Å². The maximum absolute atomic E-state index is 12.9. The fraction of sp³-hybridized carbons (Fsp3) is 0.368. The SMILES string of the molecule is COc1cc(OC)cc([C@@H](C)CCCc2ccc(F)cc2)c1. The average molecular weight is 302 g/mol. The topological polar surface area (TPSA) is 18.5 Å². The molecule has 0 aliphatic heterocycles. The smallest absolute Gasteiger partial charge is 0.123 e. The molecule has 0 N–H and O–H groups in total. The van der Waals surface area contributed by atoms with Gasteiger partial charge in [0.05, 0.1) is 14.2 Å². The Hall–Kier alpha value is -2.03. The second kappa shape index (κ2) is 7.83. The van der Waals surface area contributed by atoms with Crippen LogP contribution in [0.2, 0.25) is 0 Å². The molecule has 0 aliphatic rings. The summed E-state index contributed by atoms with van der Waals surface area (Å²) in [7, 11) is 3.33. The molecule has 0 spiro atoms. The molecule has 118 valence electrons. The van der Waals surface area contributed by atoms with Gasteiger partial charge in [0.25, 0.3) is 0 Å². The van der Waals surface area contributed by atoms with Crippen LogP contribution in [0.5, 0.6) is 11.5 Å². The molecular formula is C19H23FO2. The lowest BCUT2D eigenvalue weighted by Crippen LogP contribution is -1.98. The summed E-state index contributed by atoms with van der Waals surface area (Å²) in [6.07, 6.45) is 3.09. The first-order chi connectivity index (χ1) is 10.6. The Bertz CT molecular complexity index is 571. The molecule has 1 atom stereocenters. The summed E-state index contributed by atoms with van der Waals surface area (Å²) in [5.41, 5.74) is 2.40. The molecule has 2 nitrogen and oxygen atoms in total. The van der Waals surface area contributed by atoms with Crippen LogP contribution in [0.1, 0.15) is 36.8 Å². The van der Waals surface area contributed by atoms with Gasteiger partial charge in [0.15, 0.2) is 0 Å². The van der Waals surface area contributed by atoms with Crippen molar-refractivity contribution < 1.29 is 13.9 Å². The van der Waals surface area contributed by atoms with Crippen molar-refractivity contribution in [1.82, 2.24) is 0 Å². The molecule has 0 heterocycles. The number of rotatable bonds is 7. The number of benzene rings is 2. The average Bonchev–Trinajstić information content (AvgIpc) is 2.56. The van der Waals surface area contributed by atoms with E-state index in [0.29, 0.717) is 5.92 Å². The molecule has 0 saturated heterocycles. The van der Waals surface area contributed by atoms with Crippen LogP contribution in [0, 0.1) is 5.82 Å². The van der Waals surface area contributed by atoms with Crippen LogP contribution in [0.15, 0.2) is 42.5 Å². The van der Waals surface area contributed by atoms with Gasteiger partial charge in [-0.05, 0) is 60.6 Å². The quantitative estimate of drug-likeness (QED) is 0.719. The number of ether oxygens (including phenoxy) is 2. The lowest BCUT2D eigenvalue weighted by Gasteiger charge is -2.15. The predicted molar refractivity (Wildman–Crippen MR) is 87.3 cm³/mol. The summed E-state index contributed by atoms with van der Waals surface area (Å²) in [6, 6.07) is 12.8. The van der Waals surface area contributed by atoms with E-state index in [1.54, 1.807) is 14.2 Å². The van der Waals surface area contributed by atoms with Crippen molar-refractivity contribution in [3.05, 3.63) is 59.4 Å². The highest BCUT2D eigenvalue weighted by molar-refractivity contribution is 5.39. The van der Waals surface area contributed by atoms with Crippen LogP contribution >= 0.6 is 0 Å². The van der Waals surface area contributed by atoms with Crippen molar-refractivity contribution in [1.29, 1.82) is 0 Å². The molecule has 0 radical (unpaired) electrons. The number of aryl methyl sites for hydroxylation is 1. The lowest BCUT2D eigenvalue weighted by atomic mass is 9.94. The Morgan fingerprint density at radius 3 is 2.09 bits per heavy atom. The molecule has 0 saturated carbocycles. The van der Waals surface area contributed by atoms with Gasteiger partial charge in [-0.3, -0.25) is 0 Å². The van der Waals surface area contributed by atoms with Crippen LogP contribution in [0.3, 0.4) is 0 Å². The van der Waals surface area contributed by atoms with Crippen LogP contribution in [-0.4, -0.2) is 14.2 Å². The van der Waals surface area contributed by atoms with Crippen molar-refractivity contribution in [3.63, 3.8) is 0 Å². The zero-order chi connectivity index (χ0) is 15.9. The molecule has 2 rings (SSSR count). The van der Waals surface area contributed by atoms with Gasteiger partial charge < -0.3 is 9.47 Å². The van der Waals surface area contributed by atoms with Gasteiger partial charge in [-0.15, -0.1) is 0 Å². The summed E-state index contributed by atoms with van der Waals surface area (Å²) >= 11 is 0. The van der Waals surface area contributed by atoms with E-state index >= 15 is 0 Å². The van der Waals surface area contributed by atoms with Gasteiger partial charge in [0.1, 0.15) is 17.3 Å². The van der Waals surface area contributed by atoms with E-state index in [2.05, 4.69) is 19.1 Å². The van der Waals surface area contributed by atoms with Crippen LogP contribution < -0.4 is 9.47 Å². The number of halogens is 1. The summed E-state index contributed by atoms with van der Waals surface area (Å²) < 4.78 is 23.5. The minimum Gasteiger partial charge on any atom is -0.497 e. The summed E-state index contributed by atoms with van der Waals surface area (Å²) in [5, 5.41) is 0. The molecule has 0 fully saturated rings. The maximum Gasteiger partial charge on any atom is 0.123 e. The number of hydrogen-bond acceptors (Lipinski definition) is 2. The van der Waals surface area contributed by atoms with E-state index < -0.39 is 0 Å². The molecule has 3 heteroatoms. The third-order valence-electron chi connectivity index (χ3n) is 3.96. The van der Waals surface area contributed by atoms with Crippen molar-refractivity contribution in [2.24, 2.45) is 0 Å². The van der Waals surface area contributed by atoms with Crippen LogP contribution in [-0.2, 0) is 6.42 Å². The number of hydrogen-bond donors (Lipinski definition) is 0. The molecule has 0 unspecified atom stereocenters. The summed E-state index contributed by atoms with van der Waals surface area (Å²) in [6.45, 7) is 2.21. The minimum atomic E-state index is -0.180. The van der Waals surface area contributed by atoms with Crippen LogP contribution in [0.4, 0.5) is 4.39 Å². The highest BCUT2D eigenvalue weighted by atomic mass is 19.1. The third kappa shape index (κ3) is 4.48. The zero-order valence-electron chi connectivity index (χ0n) is 13.4. The van der Waals surface area contributed by atoms with Gasteiger partial charge in [-0.1, -0.05) is 19.1 Å². The molecule has 2 aromatic rings. The fourth-order valence-corrected chi connectivity index (χ4v) is 2.54. The molecule has 2 aromatic carbocycles. The van der Waals surface area contributed by atoms with Gasteiger partial charge in [-0.25, -0.2) is 4.39 Å². The van der Waals surface area contributed by atoms with Crippen molar-refractivity contribution >= 4 is 0 Å². The summed E-state index contributed by atoms with van der Waals surface area (Å²) in [5.74, 6) is 1.88. The second-order valence-electron chi connectivity index (χ2n) is 5.57. The molecule has 22 heavy (non-hydrogen) atoms. The van der Waals surface area contributed by atoms with Crippen molar-refractivity contribution in [2.45, 2.75) is 32.1 Å². The molecule has 0 amide bonds. The predicted octanol–water partition coefficient (Wildman–Crippen LogP) is 4.97. The van der Waals surface area contributed by atoms with E-state index in [9.17, 15) is 4.39 Å². The van der Waals surface area contributed by atoms with E-state index in [4.69, 9.17) is 9.47 Å². The minimum absolute atomic E-state index is 0.180. The zero-order valence-corrected chi connectivity index (χ0v) is 13.4. The molecule has 0 bridgehead atoms. The Kier molecular flexibility index (Phi) is 5.82. The normalized spacial score (nSPS) is 12.0. The van der Waals surface area contributed by atoms with E-state index in [1.165, 1.54) is 23.3 Å². The second-order valence-corrected chi connectivity index (χ2v) is 5.57. The van der Waals surface area contributed by atoms with Crippen molar-refractivity contribution in [2.75, 3.05) is 14.2 Å². The van der Waals surface area contributed by atoms with Crippen molar-refractivity contribution in [3.8, 4) is 11.5 Å². The standard InChI is InChI=1S/C19H23FO2/c1-14(5-4-6-15-7-9-17(20)10-8-15)16-11-18(21-2)13-19(12-16)22-3/h7-14H,4-6H2,1-3H3/t14-/m0/s1.